The molecule has 0 aliphatic carbocycles. The highest BCUT2D eigenvalue weighted by atomic mass is 19.1. The van der Waals surface area contributed by atoms with Crippen molar-refractivity contribution in [3.05, 3.63) is 79.9 Å². The first-order chi connectivity index (χ1) is 22.8. The first-order valence-electron chi connectivity index (χ1n) is 15.3. The quantitative estimate of drug-likeness (QED) is 0.236. The lowest BCUT2D eigenvalue weighted by atomic mass is 10.1. The third-order valence-corrected chi connectivity index (χ3v) is 8.77. The van der Waals surface area contributed by atoms with Crippen LogP contribution in [0.25, 0.3) is 21.8 Å². The molecule has 14 nitrogen and oxygen atoms in total. The molecular formula is C32H38F2N8O6. The molecule has 0 unspecified atom stereocenters. The van der Waals surface area contributed by atoms with Crippen LogP contribution in [-0.4, -0.2) is 122 Å². The summed E-state index contributed by atoms with van der Waals surface area (Å²) in [6.07, 6.45) is 2.44. The molecule has 2 fully saturated rings. The summed E-state index contributed by atoms with van der Waals surface area (Å²) in [5.74, 6) is -3.72. The molecule has 0 saturated carbocycles. The van der Waals surface area contributed by atoms with Crippen molar-refractivity contribution < 1.29 is 28.6 Å². The normalized spacial score (nSPS) is 15.7. The zero-order chi connectivity index (χ0) is 34.9. The van der Waals surface area contributed by atoms with E-state index in [9.17, 15) is 28.0 Å². The zero-order valence-electron chi connectivity index (χ0n) is 27.1. The van der Waals surface area contributed by atoms with Gasteiger partial charge >= 0.3 is 11.9 Å². The van der Waals surface area contributed by atoms with Gasteiger partial charge in [0.1, 0.15) is 22.8 Å². The summed E-state index contributed by atoms with van der Waals surface area (Å²) in [5.41, 5.74) is 5.19. The number of aromatic nitrogens is 2. The lowest BCUT2D eigenvalue weighted by molar-refractivity contribution is 0.0684. The highest BCUT2D eigenvalue weighted by Gasteiger charge is 2.23. The van der Waals surface area contributed by atoms with Crippen LogP contribution in [-0.2, 0) is 0 Å². The number of hydrogen-bond donors (Lipinski definition) is 4. The molecule has 0 radical (unpaired) electrons. The lowest BCUT2D eigenvalue weighted by Gasteiger charge is -2.34. The molecule has 6 rings (SSSR count). The molecular weight excluding hydrogens is 630 g/mol. The van der Waals surface area contributed by atoms with Gasteiger partial charge in [-0.25, -0.2) is 18.4 Å². The second-order valence-corrected chi connectivity index (χ2v) is 11.8. The number of anilines is 2. The number of likely N-dealkylation sites (N-methyl/N-ethyl adjacent to an activating group) is 2. The van der Waals surface area contributed by atoms with Gasteiger partial charge in [-0.05, 0) is 38.4 Å². The van der Waals surface area contributed by atoms with Gasteiger partial charge in [-0.2, -0.15) is 0 Å². The molecule has 2 aromatic heterocycles. The van der Waals surface area contributed by atoms with Crippen molar-refractivity contribution in [1.29, 1.82) is 0 Å². The first kappa shape index (κ1) is 34.1. The summed E-state index contributed by atoms with van der Waals surface area (Å²) in [6, 6.07) is 5.45. The Morgan fingerprint density at radius 2 is 0.958 bits per heavy atom. The molecule has 2 aliphatic heterocycles. The number of hydrogen-bond acceptors (Lipinski definition) is 10. The molecule has 0 amide bonds. The Morgan fingerprint density at radius 1 is 0.625 bits per heavy atom. The second-order valence-electron chi connectivity index (χ2n) is 11.8. The van der Waals surface area contributed by atoms with Crippen LogP contribution in [0.15, 0.2) is 46.2 Å². The van der Waals surface area contributed by atoms with Gasteiger partial charge in [-0.3, -0.25) is 18.9 Å². The maximum absolute atomic E-state index is 14.6. The number of carbonyl (C=O) groups is 2. The number of nitrogens with zero attached hydrogens (tertiary/aromatic N) is 6. The number of halogens is 2. The van der Waals surface area contributed by atoms with Gasteiger partial charge in [0, 0.05) is 78.8 Å². The Balaban J connectivity index is 0.000000188. The number of carboxylic acid groups (broad SMARTS) is 2. The minimum Gasteiger partial charge on any atom is -0.477 e. The van der Waals surface area contributed by atoms with Crippen LogP contribution < -0.4 is 31.5 Å². The molecule has 256 valence electrons. The molecule has 0 spiro atoms. The van der Waals surface area contributed by atoms with Gasteiger partial charge in [0.05, 0.1) is 33.2 Å². The largest absolute Gasteiger partial charge is 0.477 e. The Kier molecular flexibility index (Phi) is 9.86. The third-order valence-electron chi connectivity index (χ3n) is 8.77. The smallest absolute Gasteiger partial charge is 0.341 e. The summed E-state index contributed by atoms with van der Waals surface area (Å²) in [4.78, 5) is 55.3. The Labute approximate surface area is 273 Å². The molecule has 16 heteroatoms. The summed E-state index contributed by atoms with van der Waals surface area (Å²) in [6.45, 7) is 6.07. The lowest BCUT2D eigenvalue weighted by Crippen LogP contribution is -2.44. The molecule has 2 aliphatic rings. The Bertz CT molecular complexity index is 1860. The van der Waals surface area contributed by atoms with Crippen LogP contribution in [0.3, 0.4) is 0 Å². The van der Waals surface area contributed by atoms with Crippen molar-refractivity contribution in [3.8, 4) is 0 Å². The van der Waals surface area contributed by atoms with E-state index in [4.69, 9.17) is 10.2 Å². The number of rotatable bonds is 6. The number of aromatic carboxylic acids is 2. The maximum atomic E-state index is 14.6. The van der Waals surface area contributed by atoms with Crippen LogP contribution in [0.4, 0.5) is 20.2 Å². The molecule has 48 heavy (non-hydrogen) atoms. The van der Waals surface area contributed by atoms with E-state index in [2.05, 4.69) is 20.7 Å². The maximum Gasteiger partial charge on any atom is 0.341 e. The number of pyridine rings is 2. The van der Waals surface area contributed by atoms with Gasteiger partial charge in [0.2, 0.25) is 10.9 Å². The van der Waals surface area contributed by atoms with Crippen LogP contribution in [0.5, 0.6) is 0 Å². The molecule has 4 N–H and O–H groups in total. The molecule has 0 bridgehead atoms. The number of fused-ring (bicyclic) bond motifs is 2. The number of piperazine rings is 2. The van der Waals surface area contributed by atoms with Crippen molar-refractivity contribution >= 4 is 45.1 Å². The SMILES string of the molecule is CNn1cc(C(=O)O)c(=O)c2cc(F)c(N3CCN(C)CC3)cc21.CNn1cc(C(=O)O)c(=O)c2cc(F)c(N3CCN(C)CC3)cc21. The highest BCUT2D eigenvalue weighted by Crippen LogP contribution is 2.27. The van der Waals surface area contributed by atoms with E-state index in [0.717, 1.165) is 38.3 Å². The van der Waals surface area contributed by atoms with Crippen LogP contribution >= 0.6 is 0 Å². The number of nitrogens with one attached hydrogen (secondary N) is 2. The van der Waals surface area contributed by atoms with Crippen molar-refractivity contribution in [2.75, 3.05) is 101 Å². The van der Waals surface area contributed by atoms with Gasteiger partial charge < -0.3 is 40.7 Å². The van der Waals surface area contributed by atoms with Crippen molar-refractivity contribution in [1.82, 2.24) is 19.2 Å². The Morgan fingerprint density at radius 3 is 1.25 bits per heavy atom. The third kappa shape index (κ3) is 6.61. The zero-order valence-corrected chi connectivity index (χ0v) is 27.1. The summed E-state index contributed by atoms with van der Waals surface area (Å²) >= 11 is 0. The first-order valence-corrected chi connectivity index (χ1v) is 15.3. The van der Waals surface area contributed by atoms with E-state index < -0.39 is 45.6 Å². The fraction of sp³-hybridized carbons (Fsp3) is 0.375. The molecule has 4 aromatic rings. The minimum absolute atomic E-state index is 0.0413. The van der Waals surface area contributed by atoms with Crippen LogP contribution in [0, 0.1) is 11.6 Å². The molecule has 2 aromatic carbocycles. The minimum atomic E-state index is -1.34. The standard InChI is InChI=1S/2C16H19FN4O3/c2*1-18-21-9-11(16(23)24)15(22)10-7-12(17)14(8-13(10)21)20-5-3-19(2)4-6-20/h2*7-9,18H,3-6H2,1-2H3,(H,23,24). The van der Waals surface area contributed by atoms with E-state index >= 15 is 0 Å². The Hall–Kier alpha value is -5.22. The second kappa shape index (κ2) is 13.9. The van der Waals surface area contributed by atoms with Crippen molar-refractivity contribution in [2.24, 2.45) is 0 Å². The predicted octanol–water partition coefficient (Wildman–Crippen LogP) is 1.53. The summed E-state index contributed by atoms with van der Waals surface area (Å²) in [7, 11) is 7.24. The molecule has 2 saturated heterocycles. The predicted molar refractivity (Wildman–Crippen MR) is 180 cm³/mol. The van der Waals surface area contributed by atoms with Crippen molar-refractivity contribution in [2.45, 2.75) is 0 Å². The number of carboxylic acids is 2. The molecule has 0 atom stereocenters. The van der Waals surface area contributed by atoms with Crippen LogP contribution in [0.2, 0.25) is 0 Å². The molecule has 4 heterocycles. The summed E-state index contributed by atoms with van der Waals surface area (Å²) < 4.78 is 32.0. The average Bonchev–Trinajstić information content (AvgIpc) is 3.06. The van der Waals surface area contributed by atoms with Gasteiger partial charge in [0.25, 0.3) is 0 Å². The van der Waals surface area contributed by atoms with Gasteiger partial charge in [-0.15, -0.1) is 0 Å². The monoisotopic (exact) mass is 668 g/mol. The van der Waals surface area contributed by atoms with Crippen LogP contribution in [0.1, 0.15) is 20.7 Å². The van der Waals surface area contributed by atoms with Gasteiger partial charge in [0.15, 0.2) is 0 Å². The fourth-order valence-electron chi connectivity index (χ4n) is 5.92. The number of benzene rings is 2. The van der Waals surface area contributed by atoms with E-state index in [1.807, 2.05) is 23.9 Å². The van der Waals surface area contributed by atoms with Gasteiger partial charge in [-0.1, -0.05) is 0 Å². The summed E-state index contributed by atoms with van der Waals surface area (Å²) in [5, 5.41) is 18.4. The van der Waals surface area contributed by atoms with Crippen molar-refractivity contribution in [3.63, 3.8) is 0 Å². The van der Waals surface area contributed by atoms with E-state index in [1.165, 1.54) is 21.7 Å². The highest BCUT2D eigenvalue weighted by molar-refractivity contribution is 5.94. The van der Waals surface area contributed by atoms with E-state index in [1.54, 1.807) is 26.2 Å². The van der Waals surface area contributed by atoms with E-state index in [-0.39, 0.29) is 10.8 Å². The fourth-order valence-corrected chi connectivity index (χ4v) is 5.92. The average molecular weight is 669 g/mol. The van der Waals surface area contributed by atoms with E-state index in [0.29, 0.717) is 48.6 Å². The topological polar surface area (TPSA) is 156 Å².